The number of nitrogens with one attached hydrogen (secondary N) is 2. The fraction of sp³-hybridized carbons (Fsp3) is 0.381. The maximum Gasteiger partial charge on any atom is 0.241 e. The summed E-state index contributed by atoms with van der Waals surface area (Å²) < 4.78 is 5.47. The summed E-state index contributed by atoms with van der Waals surface area (Å²) in [5.41, 5.74) is 8.58. The fourth-order valence-corrected chi connectivity index (χ4v) is 4.14. The number of benzene rings is 2. The van der Waals surface area contributed by atoms with Gasteiger partial charge in [-0.25, -0.2) is 10.9 Å². The van der Waals surface area contributed by atoms with Gasteiger partial charge in [-0.15, -0.1) is 0 Å². The zero-order chi connectivity index (χ0) is 19.5. The van der Waals surface area contributed by atoms with E-state index >= 15 is 0 Å². The minimum absolute atomic E-state index is 0.0857. The van der Waals surface area contributed by atoms with E-state index in [2.05, 4.69) is 21.8 Å². The highest BCUT2D eigenvalue weighted by Crippen LogP contribution is 2.29. The number of carbonyl (C=O) groups excluding carboxylic acids is 1. The van der Waals surface area contributed by atoms with Gasteiger partial charge in [0.1, 0.15) is 11.8 Å². The van der Waals surface area contributed by atoms with Crippen LogP contribution in [0.4, 0.5) is 5.69 Å². The number of methoxy groups -OCH3 is 1. The Morgan fingerprint density at radius 1 is 1.07 bits per heavy atom. The van der Waals surface area contributed by atoms with Gasteiger partial charge in [-0.2, -0.15) is 0 Å². The van der Waals surface area contributed by atoms with E-state index in [9.17, 15) is 4.79 Å². The van der Waals surface area contributed by atoms with E-state index in [1.54, 1.807) is 7.11 Å². The van der Waals surface area contributed by atoms with E-state index in [4.69, 9.17) is 16.3 Å². The first-order chi connectivity index (χ1) is 13.7. The van der Waals surface area contributed by atoms with Gasteiger partial charge >= 0.3 is 0 Å². The lowest BCUT2D eigenvalue weighted by Crippen LogP contribution is -2.53. The molecule has 2 saturated heterocycles. The Kier molecular flexibility index (Phi) is 5.71. The maximum absolute atomic E-state index is 13.0. The molecule has 0 saturated carbocycles. The molecule has 2 fully saturated rings. The van der Waals surface area contributed by atoms with Crippen molar-refractivity contribution in [3.05, 3.63) is 59.1 Å². The van der Waals surface area contributed by atoms with Gasteiger partial charge in [0.2, 0.25) is 5.91 Å². The number of amides is 1. The lowest BCUT2D eigenvalue weighted by atomic mass is 10.0. The Balaban J connectivity index is 1.34. The number of hydrazine groups is 1. The Morgan fingerprint density at radius 2 is 1.86 bits per heavy atom. The standard InChI is InChI=1S/C21H25ClN4O2/c1-28-20-8-3-2-7-19(20)25-9-11-26(12-10-25)21(27)18-14-17(23-24-18)15-5-4-6-16(22)13-15/h2-8,13,17-18,23-24H,9-12,14H2,1H3. The van der Waals surface area contributed by atoms with Crippen molar-refractivity contribution >= 4 is 23.2 Å². The molecule has 2 unspecified atom stereocenters. The summed E-state index contributed by atoms with van der Waals surface area (Å²) in [5, 5.41) is 0.710. The molecule has 0 aliphatic carbocycles. The zero-order valence-electron chi connectivity index (χ0n) is 15.9. The van der Waals surface area contributed by atoms with Crippen molar-refractivity contribution in [1.29, 1.82) is 0 Å². The Hall–Kier alpha value is -2.28. The van der Waals surface area contributed by atoms with Crippen molar-refractivity contribution in [2.24, 2.45) is 0 Å². The van der Waals surface area contributed by atoms with Crippen molar-refractivity contribution in [3.8, 4) is 5.75 Å². The lowest BCUT2D eigenvalue weighted by molar-refractivity contribution is -0.133. The predicted octanol–water partition coefficient (Wildman–Crippen LogP) is 2.61. The highest BCUT2D eigenvalue weighted by molar-refractivity contribution is 6.30. The summed E-state index contributed by atoms with van der Waals surface area (Å²) in [7, 11) is 1.69. The Bertz CT molecular complexity index is 839. The molecule has 6 nitrogen and oxygen atoms in total. The SMILES string of the molecule is COc1ccccc1N1CCN(C(=O)C2CC(c3cccc(Cl)c3)NN2)CC1. The van der Waals surface area contributed by atoms with Crippen LogP contribution in [0.2, 0.25) is 5.02 Å². The van der Waals surface area contributed by atoms with Crippen molar-refractivity contribution in [3.63, 3.8) is 0 Å². The zero-order valence-corrected chi connectivity index (χ0v) is 16.7. The number of ether oxygens (including phenoxy) is 1. The van der Waals surface area contributed by atoms with Crippen LogP contribution in [0.5, 0.6) is 5.75 Å². The molecule has 2 aliphatic rings. The van der Waals surface area contributed by atoms with E-state index in [1.165, 1.54) is 0 Å². The smallest absolute Gasteiger partial charge is 0.241 e. The van der Waals surface area contributed by atoms with Crippen LogP contribution < -0.4 is 20.5 Å². The summed E-state index contributed by atoms with van der Waals surface area (Å²) in [5.74, 6) is 1.02. The van der Waals surface area contributed by atoms with Gasteiger partial charge in [-0.1, -0.05) is 35.9 Å². The number of hydrogen-bond donors (Lipinski definition) is 2. The Morgan fingerprint density at radius 3 is 2.61 bits per heavy atom. The molecule has 2 atom stereocenters. The number of para-hydroxylation sites is 2. The average Bonchev–Trinajstić information content (AvgIpc) is 3.24. The molecule has 2 aromatic carbocycles. The molecule has 2 aliphatic heterocycles. The molecule has 0 aromatic heterocycles. The monoisotopic (exact) mass is 400 g/mol. The van der Waals surface area contributed by atoms with Crippen LogP contribution in [-0.2, 0) is 4.79 Å². The molecule has 1 amide bonds. The summed E-state index contributed by atoms with van der Waals surface area (Å²) in [4.78, 5) is 17.2. The van der Waals surface area contributed by atoms with Gasteiger partial charge < -0.3 is 14.5 Å². The molecule has 0 spiro atoms. The van der Waals surface area contributed by atoms with Crippen molar-refractivity contribution in [2.45, 2.75) is 18.5 Å². The van der Waals surface area contributed by atoms with Gasteiger partial charge in [0.25, 0.3) is 0 Å². The molecule has 28 heavy (non-hydrogen) atoms. The normalized spacial score (nSPS) is 22.4. The third-order valence-electron chi connectivity index (χ3n) is 5.47. The molecular weight excluding hydrogens is 376 g/mol. The molecule has 2 N–H and O–H groups in total. The van der Waals surface area contributed by atoms with Gasteiger partial charge in [0, 0.05) is 37.2 Å². The third kappa shape index (κ3) is 3.94. The van der Waals surface area contributed by atoms with Crippen LogP contribution in [0, 0.1) is 0 Å². The molecule has 2 heterocycles. The first-order valence-corrected chi connectivity index (χ1v) is 9.97. The number of piperazine rings is 1. The molecule has 2 aromatic rings. The second kappa shape index (κ2) is 8.39. The second-order valence-corrected chi connectivity index (χ2v) is 7.61. The number of rotatable bonds is 4. The van der Waals surface area contributed by atoms with Crippen LogP contribution >= 0.6 is 11.6 Å². The average molecular weight is 401 g/mol. The Labute approximate surface area is 170 Å². The van der Waals surface area contributed by atoms with Crippen molar-refractivity contribution < 1.29 is 9.53 Å². The fourth-order valence-electron chi connectivity index (χ4n) is 3.94. The topological polar surface area (TPSA) is 56.8 Å². The molecule has 4 rings (SSSR count). The van der Waals surface area contributed by atoms with Crippen molar-refractivity contribution in [1.82, 2.24) is 15.8 Å². The summed E-state index contributed by atoms with van der Waals surface area (Å²) in [6.07, 6.45) is 0.714. The second-order valence-electron chi connectivity index (χ2n) is 7.17. The maximum atomic E-state index is 13.0. The third-order valence-corrected chi connectivity index (χ3v) is 5.70. The van der Waals surface area contributed by atoms with E-state index in [1.807, 2.05) is 47.4 Å². The first kappa shape index (κ1) is 19.1. The van der Waals surface area contributed by atoms with Crippen LogP contribution in [0.15, 0.2) is 48.5 Å². The van der Waals surface area contributed by atoms with Crippen LogP contribution in [0.25, 0.3) is 0 Å². The van der Waals surface area contributed by atoms with Gasteiger partial charge in [-0.05, 0) is 36.2 Å². The summed E-state index contributed by atoms with van der Waals surface area (Å²) in [6.45, 7) is 3.00. The van der Waals surface area contributed by atoms with Gasteiger partial charge in [0.15, 0.2) is 0 Å². The first-order valence-electron chi connectivity index (χ1n) is 9.59. The van der Waals surface area contributed by atoms with E-state index in [-0.39, 0.29) is 18.0 Å². The van der Waals surface area contributed by atoms with Crippen LogP contribution in [0.1, 0.15) is 18.0 Å². The highest BCUT2D eigenvalue weighted by Gasteiger charge is 2.34. The molecule has 0 bridgehead atoms. The lowest BCUT2D eigenvalue weighted by Gasteiger charge is -2.37. The molecule has 148 valence electrons. The summed E-state index contributed by atoms with van der Waals surface area (Å²) in [6, 6.07) is 15.7. The van der Waals surface area contributed by atoms with E-state index in [0.717, 1.165) is 30.1 Å². The summed E-state index contributed by atoms with van der Waals surface area (Å²) >= 11 is 6.09. The van der Waals surface area contributed by atoms with Gasteiger partial charge in [0.05, 0.1) is 12.8 Å². The molecule has 0 radical (unpaired) electrons. The van der Waals surface area contributed by atoms with Crippen LogP contribution in [0.3, 0.4) is 0 Å². The number of halogens is 1. The van der Waals surface area contributed by atoms with Gasteiger partial charge in [-0.3, -0.25) is 4.79 Å². The largest absolute Gasteiger partial charge is 0.495 e. The molecular formula is C21H25ClN4O2. The number of carbonyl (C=O) groups is 1. The predicted molar refractivity (Wildman–Crippen MR) is 111 cm³/mol. The number of anilines is 1. The van der Waals surface area contributed by atoms with E-state index in [0.29, 0.717) is 24.5 Å². The number of hydrogen-bond acceptors (Lipinski definition) is 5. The number of nitrogens with zero attached hydrogens (tertiary/aromatic N) is 2. The van der Waals surface area contributed by atoms with Crippen molar-refractivity contribution in [2.75, 3.05) is 38.2 Å². The van der Waals surface area contributed by atoms with Crippen LogP contribution in [-0.4, -0.2) is 50.1 Å². The minimum atomic E-state index is -0.221. The molecule has 7 heteroatoms. The minimum Gasteiger partial charge on any atom is -0.495 e. The van der Waals surface area contributed by atoms with E-state index < -0.39 is 0 Å². The highest BCUT2D eigenvalue weighted by atomic mass is 35.5. The quantitative estimate of drug-likeness (QED) is 0.826.